The van der Waals surface area contributed by atoms with Crippen LogP contribution < -0.4 is 4.74 Å². The van der Waals surface area contributed by atoms with E-state index in [4.69, 9.17) is 8.92 Å². The van der Waals surface area contributed by atoms with Gasteiger partial charge in [0.2, 0.25) is 0 Å². The van der Waals surface area contributed by atoms with Crippen LogP contribution in [-0.4, -0.2) is 32.8 Å². The third-order valence-electron chi connectivity index (χ3n) is 3.53. The minimum absolute atomic E-state index is 0.0801. The van der Waals surface area contributed by atoms with Crippen molar-refractivity contribution in [3.63, 3.8) is 0 Å². The molecule has 0 aromatic heterocycles. The van der Waals surface area contributed by atoms with Crippen LogP contribution in [0.1, 0.15) is 17.5 Å². The maximum atomic E-state index is 12.0. The summed E-state index contributed by atoms with van der Waals surface area (Å²) in [5.41, 5.74) is 1.97. The second-order valence-electron chi connectivity index (χ2n) is 5.61. The molecule has 130 valence electrons. The van der Waals surface area contributed by atoms with E-state index < -0.39 is 16.2 Å². The Balaban J connectivity index is 1.79. The van der Waals surface area contributed by atoms with Gasteiger partial charge in [0.05, 0.1) is 24.2 Å². The number of hydrogen-bond donors (Lipinski definition) is 1. The molecule has 2 aromatic rings. The minimum Gasteiger partial charge on any atom is -0.493 e. The van der Waals surface area contributed by atoms with E-state index in [1.807, 2.05) is 38.1 Å². The summed E-state index contributed by atoms with van der Waals surface area (Å²) in [5.74, 6) is 0.748. The molecule has 2 aromatic carbocycles. The Labute approximate surface area is 143 Å². The summed E-state index contributed by atoms with van der Waals surface area (Å²) >= 11 is 0. The average molecular weight is 350 g/mol. The van der Waals surface area contributed by atoms with Crippen LogP contribution in [0.5, 0.6) is 5.75 Å². The van der Waals surface area contributed by atoms with E-state index >= 15 is 0 Å². The summed E-state index contributed by atoms with van der Waals surface area (Å²) in [7, 11) is -3.86. The molecule has 1 atom stereocenters. The van der Waals surface area contributed by atoms with Gasteiger partial charge in [0.1, 0.15) is 5.75 Å². The van der Waals surface area contributed by atoms with E-state index in [-0.39, 0.29) is 24.5 Å². The molecule has 0 fully saturated rings. The molecule has 5 nitrogen and oxygen atoms in total. The van der Waals surface area contributed by atoms with Gasteiger partial charge < -0.3 is 9.84 Å². The Morgan fingerprint density at radius 3 is 2.38 bits per heavy atom. The predicted molar refractivity (Wildman–Crippen MR) is 91.6 cm³/mol. The number of para-hydroxylation sites is 1. The van der Waals surface area contributed by atoms with Crippen molar-refractivity contribution in [1.82, 2.24) is 0 Å². The van der Waals surface area contributed by atoms with Crippen LogP contribution in [0, 0.1) is 13.8 Å². The van der Waals surface area contributed by atoms with Crippen molar-refractivity contribution in [1.29, 1.82) is 0 Å². The molecule has 0 amide bonds. The molecule has 0 unspecified atom stereocenters. The zero-order chi connectivity index (χ0) is 17.6. The van der Waals surface area contributed by atoms with Crippen molar-refractivity contribution >= 4 is 10.1 Å². The Hall–Kier alpha value is -1.89. The van der Waals surface area contributed by atoms with E-state index in [1.165, 1.54) is 12.1 Å². The van der Waals surface area contributed by atoms with Crippen LogP contribution in [0.3, 0.4) is 0 Å². The van der Waals surface area contributed by atoms with Crippen LogP contribution >= 0.6 is 0 Å². The van der Waals surface area contributed by atoms with Crippen molar-refractivity contribution in [2.75, 3.05) is 13.2 Å². The molecule has 1 N–H and O–H groups in total. The lowest BCUT2D eigenvalue weighted by atomic mass is 10.2. The summed E-state index contributed by atoms with van der Waals surface area (Å²) in [6.45, 7) is 3.78. The summed E-state index contributed by atoms with van der Waals surface area (Å²) in [6.07, 6.45) is -0.646. The summed E-state index contributed by atoms with van der Waals surface area (Å²) in [5, 5.41) is 9.88. The van der Waals surface area contributed by atoms with Crippen LogP contribution in [0.25, 0.3) is 0 Å². The monoisotopic (exact) mass is 350 g/mol. The normalized spacial score (nSPS) is 12.8. The maximum Gasteiger partial charge on any atom is 0.297 e. The first kappa shape index (κ1) is 18.4. The molecule has 0 saturated heterocycles. The highest BCUT2D eigenvalue weighted by atomic mass is 32.2. The lowest BCUT2D eigenvalue weighted by molar-refractivity contribution is 0.0882. The highest BCUT2D eigenvalue weighted by Crippen LogP contribution is 2.17. The molecule has 0 aliphatic rings. The SMILES string of the molecule is Cc1ccc(S(=O)(=O)OC[C@@H](O)CCOc2ccccc2C)cc1. The first-order valence-electron chi connectivity index (χ1n) is 7.71. The van der Waals surface area contributed by atoms with Gasteiger partial charge in [-0.2, -0.15) is 8.42 Å². The first-order valence-corrected chi connectivity index (χ1v) is 9.12. The van der Waals surface area contributed by atoms with Crippen molar-refractivity contribution in [2.45, 2.75) is 31.3 Å². The molecule has 0 spiro atoms. The van der Waals surface area contributed by atoms with Crippen molar-refractivity contribution < 1.29 is 22.4 Å². The van der Waals surface area contributed by atoms with Gasteiger partial charge in [-0.05, 0) is 37.6 Å². The molecule has 0 radical (unpaired) electrons. The van der Waals surface area contributed by atoms with Gasteiger partial charge in [-0.3, -0.25) is 4.18 Å². The molecule has 0 bridgehead atoms. The number of aliphatic hydroxyl groups excluding tert-OH is 1. The fraction of sp³-hybridized carbons (Fsp3) is 0.333. The van der Waals surface area contributed by atoms with Gasteiger partial charge in [0.25, 0.3) is 10.1 Å². The largest absolute Gasteiger partial charge is 0.493 e. The second kappa shape index (κ2) is 8.28. The number of aryl methyl sites for hydroxylation is 2. The van der Waals surface area contributed by atoms with Crippen LogP contribution in [-0.2, 0) is 14.3 Å². The standard InChI is InChI=1S/C18H22O5S/c1-14-7-9-17(10-8-14)24(20,21)23-13-16(19)11-12-22-18-6-4-3-5-15(18)2/h3-10,16,19H,11-13H2,1-2H3/t16-/m0/s1. The van der Waals surface area contributed by atoms with Gasteiger partial charge in [0.15, 0.2) is 0 Å². The highest BCUT2D eigenvalue weighted by Gasteiger charge is 2.17. The fourth-order valence-electron chi connectivity index (χ4n) is 2.05. The Kier molecular flexibility index (Phi) is 6.36. The molecule has 0 aliphatic heterocycles. The van der Waals surface area contributed by atoms with Crippen molar-refractivity contribution in [2.24, 2.45) is 0 Å². The number of rotatable bonds is 8. The summed E-state index contributed by atoms with van der Waals surface area (Å²) < 4.78 is 34.5. The van der Waals surface area contributed by atoms with E-state index in [1.54, 1.807) is 12.1 Å². The van der Waals surface area contributed by atoms with Crippen LogP contribution in [0.4, 0.5) is 0 Å². The summed E-state index contributed by atoms with van der Waals surface area (Å²) in [4.78, 5) is 0.0801. The number of benzene rings is 2. The lowest BCUT2D eigenvalue weighted by Gasteiger charge is -2.13. The average Bonchev–Trinajstić information content (AvgIpc) is 2.55. The molecular weight excluding hydrogens is 328 g/mol. The summed E-state index contributed by atoms with van der Waals surface area (Å²) in [6, 6.07) is 13.9. The number of hydrogen-bond acceptors (Lipinski definition) is 5. The number of aliphatic hydroxyl groups is 1. The topological polar surface area (TPSA) is 72.8 Å². The Bertz CT molecular complexity index is 753. The Morgan fingerprint density at radius 2 is 1.71 bits per heavy atom. The molecule has 0 heterocycles. The highest BCUT2D eigenvalue weighted by molar-refractivity contribution is 7.86. The van der Waals surface area contributed by atoms with Gasteiger partial charge in [-0.15, -0.1) is 0 Å². The maximum absolute atomic E-state index is 12.0. The van der Waals surface area contributed by atoms with E-state index in [0.717, 1.165) is 16.9 Å². The van der Waals surface area contributed by atoms with Crippen LogP contribution in [0.2, 0.25) is 0 Å². The van der Waals surface area contributed by atoms with E-state index in [0.29, 0.717) is 0 Å². The zero-order valence-corrected chi connectivity index (χ0v) is 14.6. The molecule has 24 heavy (non-hydrogen) atoms. The van der Waals surface area contributed by atoms with E-state index in [2.05, 4.69) is 0 Å². The minimum atomic E-state index is -3.86. The third kappa shape index (κ3) is 5.33. The molecule has 0 aliphatic carbocycles. The van der Waals surface area contributed by atoms with Gasteiger partial charge in [0, 0.05) is 6.42 Å². The predicted octanol–water partition coefficient (Wildman–Crippen LogP) is 2.84. The van der Waals surface area contributed by atoms with Gasteiger partial charge >= 0.3 is 0 Å². The van der Waals surface area contributed by atoms with Gasteiger partial charge in [-0.1, -0.05) is 35.9 Å². The molecule has 2 rings (SSSR count). The number of ether oxygens (including phenoxy) is 1. The third-order valence-corrected chi connectivity index (χ3v) is 4.82. The van der Waals surface area contributed by atoms with Crippen LogP contribution in [0.15, 0.2) is 53.4 Å². The Morgan fingerprint density at radius 1 is 1.04 bits per heavy atom. The fourth-order valence-corrected chi connectivity index (χ4v) is 2.99. The second-order valence-corrected chi connectivity index (χ2v) is 7.22. The lowest BCUT2D eigenvalue weighted by Crippen LogP contribution is -2.21. The zero-order valence-electron chi connectivity index (χ0n) is 13.8. The van der Waals surface area contributed by atoms with E-state index in [9.17, 15) is 13.5 Å². The quantitative estimate of drug-likeness (QED) is 0.741. The molecule has 0 saturated carbocycles. The molecular formula is C18H22O5S. The first-order chi connectivity index (χ1) is 11.4. The van der Waals surface area contributed by atoms with Crippen molar-refractivity contribution in [3.8, 4) is 5.75 Å². The molecule has 6 heteroatoms. The van der Waals surface area contributed by atoms with Crippen molar-refractivity contribution in [3.05, 3.63) is 59.7 Å². The van der Waals surface area contributed by atoms with Gasteiger partial charge in [-0.25, -0.2) is 0 Å². The smallest absolute Gasteiger partial charge is 0.297 e.